The van der Waals surface area contributed by atoms with Crippen LogP contribution in [-0.4, -0.2) is 89.7 Å². The van der Waals surface area contributed by atoms with Crippen LogP contribution >= 0.6 is 0 Å². The largest absolute Gasteiger partial charge is 0.369 e. The number of amides is 1. The first kappa shape index (κ1) is 24.4. The molecule has 2 aliphatic heterocycles. The number of nitrogens with zero attached hydrogens (tertiary/aromatic N) is 6. The predicted molar refractivity (Wildman–Crippen MR) is 140 cm³/mol. The number of aryl methyl sites for hydroxylation is 1. The van der Waals surface area contributed by atoms with Gasteiger partial charge in [-0.15, -0.1) is 0 Å². The van der Waals surface area contributed by atoms with Crippen molar-refractivity contribution in [2.45, 2.75) is 20.0 Å². The summed E-state index contributed by atoms with van der Waals surface area (Å²) >= 11 is 0. The fourth-order valence-electron chi connectivity index (χ4n) is 4.87. The van der Waals surface area contributed by atoms with Crippen LogP contribution in [-0.2, 0) is 17.9 Å². The van der Waals surface area contributed by atoms with Crippen molar-refractivity contribution in [1.29, 1.82) is 0 Å². The van der Waals surface area contributed by atoms with Crippen molar-refractivity contribution >= 4 is 17.3 Å². The lowest BCUT2D eigenvalue weighted by molar-refractivity contribution is -0.117. The van der Waals surface area contributed by atoms with Gasteiger partial charge in [0.2, 0.25) is 11.8 Å². The van der Waals surface area contributed by atoms with E-state index in [4.69, 9.17) is 4.52 Å². The highest BCUT2D eigenvalue weighted by Crippen LogP contribution is 2.20. The van der Waals surface area contributed by atoms with E-state index >= 15 is 0 Å². The number of piperazine rings is 2. The van der Waals surface area contributed by atoms with Gasteiger partial charge >= 0.3 is 0 Å². The highest BCUT2D eigenvalue weighted by molar-refractivity contribution is 5.92. The molecule has 1 aromatic heterocycles. The zero-order chi connectivity index (χ0) is 24.7. The van der Waals surface area contributed by atoms with Crippen molar-refractivity contribution in [3.8, 4) is 0 Å². The Kier molecular flexibility index (Phi) is 7.90. The lowest BCUT2D eigenvalue weighted by Gasteiger charge is -2.36. The quantitative estimate of drug-likeness (QED) is 0.517. The van der Waals surface area contributed by atoms with Gasteiger partial charge in [-0.2, -0.15) is 4.98 Å². The summed E-state index contributed by atoms with van der Waals surface area (Å²) in [5, 5.41) is 6.90. The summed E-state index contributed by atoms with van der Waals surface area (Å²) in [6.45, 7) is 11.5. The Bertz CT molecular complexity index is 1100. The number of carbonyl (C=O) groups excluding carboxylic acids is 1. The number of hydrogen-bond acceptors (Lipinski definition) is 8. The van der Waals surface area contributed by atoms with Crippen LogP contribution in [0.15, 0.2) is 59.1 Å². The van der Waals surface area contributed by atoms with Crippen molar-refractivity contribution < 1.29 is 9.32 Å². The van der Waals surface area contributed by atoms with E-state index in [0.717, 1.165) is 64.6 Å². The number of benzene rings is 2. The lowest BCUT2D eigenvalue weighted by Crippen LogP contribution is -2.48. The fourth-order valence-corrected chi connectivity index (χ4v) is 4.87. The second kappa shape index (κ2) is 11.6. The van der Waals surface area contributed by atoms with Crippen molar-refractivity contribution in [2.75, 3.05) is 69.1 Å². The highest BCUT2D eigenvalue weighted by Gasteiger charge is 2.21. The smallest absolute Gasteiger partial charge is 0.240 e. The van der Waals surface area contributed by atoms with Gasteiger partial charge in [0, 0.05) is 70.3 Å². The van der Waals surface area contributed by atoms with Crippen LogP contribution < -0.4 is 10.2 Å². The van der Waals surface area contributed by atoms with Gasteiger partial charge < -0.3 is 14.7 Å². The maximum atomic E-state index is 12.6. The molecule has 2 aromatic carbocycles. The zero-order valence-corrected chi connectivity index (χ0v) is 21.0. The van der Waals surface area contributed by atoms with Crippen LogP contribution in [0.1, 0.15) is 17.3 Å². The molecule has 0 saturated carbocycles. The average Bonchev–Trinajstić information content (AvgIpc) is 3.31. The Balaban J connectivity index is 1.02. The number of hydrogen-bond donors (Lipinski definition) is 1. The van der Waals surface area contributed by atoms with E-state index in [9.17, 15) is 4.79 Å². The van der Waals surface area contributed by atoms with Crippen LogP contribution in [0.5, 0.6) is 0 Å². The number of carbonyl (C=O) groups is 1. The van der Waals surface area contributed by atoms with Gasteiger partial charge in [-0.05, 0) is 36.8 Å². The number of rotatable bonds is 8. The van der Waals surface area contributed by atoms with Gasteiger partial charge in [0.15, 0.2) is 5.82 Å². The molecular weight excluding hydrogens is 454 g/mol. The van der Waals surface area contributed by atoms with Crippen LogP contribution in [0, 0.1) is 6.92 Å². The molecule has 0 unspecified atom stereocenters. The SMILES string of the molecule is Cc1noc(CN2CCN(CC(=O)Nc3ccc(N4CCN(Cc5ccccc5)CC4)cc3)CC2)n1. The Labute approximate surface area is 212 Å². The Morgan fingerprint density at radius 1 is 0.833 bits per heavy atom. The molecule has 0 aliphatic carbocycles. The molecule has 9 heteroatoms. The average molecular weight is 490 g/mol. The van der Waals surface area contributed by atoms with Crippen molar-refractivity contribution in [2.24, 2.45) is 0 Å². The molecule has 0 spiro atoms. The third kappa shape index (κ3) is 6.69. The first-order valence-electron chi connectivity index (χ1n) is 12.8. The first-order chi connectivity index (χ1) is 17.6. The summed E-state index contributed by atoms with van der Waals surface area (Å²) in [5.74, 6) is 1.34. The molecule has 3 aromatic rings. The first-order valence-corrected chi connectivity index (χ1v) is 12.8. The van der Waals surface area contributed by atoms with Gasteiger partial charge in [0.1, 0.15) is 0 Å². The van der Waals surface area contributed by atoms with Gasteiger partial charge in [-0.3, -0.25) is 19.5 Å². The summed E-state index contributed by atoms with van der Waals surface area (Å²) in [6, 6.07) is 18.9. The molecule has 2 fully saturated rings. The minimum atomic E-state index is 0.0262. The molecule has 9 nitrogen and oxygen atoms in total. The zero-order valence-electron chi connectivity index (χ0n) is 21.0. The van der Waals surface area contributed by atoms with Crippen molar-refractivity contribution in [3.05, 3.63) is 71.9 Å². The maximum Gasteiger partial charge on any atom is 0.240 e. The number of aromatic nitrogens is 2. The standard InChI is InChI=1S/C27H35N7O2/c1-22-28-27(36-30-22)21-33-13-11-32(12-14-33)20-26(35)29-24-7-9-25(10-8-24)34-17-15-31(16-18-34)19-23-5-3-2-4-6-23/h2-10H,11-21H2,1H3,(H,29,35). The summed E-state index contributed by atoms with van der Waals surface area (Å²) in [5.41, 5.74) is 3.42. The molecular formula is C27H35N7O2. The molecule has 1 N–H and O–H groups in total. The molecule has 2 saturated heterocycles. The van der Waals surface area contributed by atoms with Crippen molar-refractivity contribution in [3.63, 3.8) is 0 Å². The summed E-state index contributed by atoms with van der Waals surface area (Å²) in [7, 11) is 0. The molecule has 0 atom stereocenters. The third-order valence-electron chi connectivity index (χ3n) is 6.90. The molecule has 2 aliphatic rings. The summed E-state index contributed by atoms with van der Waals surface area (Å²) in [4.78, 5) is 26.3. The second-order valence-corrected chi connectivity index (χ2v) is 9.63. The van der Waals surface area contributed by atoms with E-state index in [2.05, 4.69) is 77.5 Å². The highest BCUT2D eigenvalue weighted by atomic mass is 16.5. The Morgan fingerprint density at radius 2 is 1.47 bits per heavy atom. The predicted octanol–water partition coefficient (Wildman–Crippen LogP) is 2.46. The van der Waals surface area contributed by atoms with E-state index in [0.29, 0.717) is 24.8 Å². The third-order valence-corrected chi connectivity index (χ3v) is 6.90. The normalized spacial score (nSPS) is 17.9. The van der Waals surface area contributed by atoms with Gasteiger partial charge in [-0.1, -0.05) is 35.5 Å². The van der Waals surface area contributed by atoms with Crippen LogP contribution in [0.25, 0.3) is 0 Å². The lowest BCUT2D eigenvalue weighted by atomic mass is 10.2. The van der Waals surface area contributed by atoms with Gasteiger partial charge in [-0.25, -0.2) is 0 Å². The van der Waals surface area contributed by atoms with E-state index in [1.54, 1.807) is 0 Å². The Hall–Kier alpha value is -3.27. The molecule has 36 heavy (non-hydrogen) atoms. The fraction of sp³-hybridized carbons (Fsp3) is 0.444. The minimum Gasteiger partial charge on any atom is -0.369 e. The van der Waals surface area contributed by atoms with E-state index in [-0.39, 0.29) is 5.91 Å². The molecule has 0 bridgehead atoms. The molecule has 5 rings (SSSR count). The molecule has 1 amide bonds. The van der Waals surface area contributed by atoms with Crippen molar-refractivity contribution in [1.82, 2.24) is 24.8 Å². The monoisotopic (exact) mass is 489 g/mol. The Morgan fingerprint density at radius 3 is 2.14 bits per heavy atom. The van der Waals surface area contributed by atoms with Crippen LogP contribution in [0.3, 0.4) is 0 Å². The second-order valence-electron chi connectivity index (χ2n) is 9.63. The van der Waals surface area contributed by atoms with Crippen LogP contribution in [0.4, 0.5) is 11.4 Å². The van der Waals surface area contributed by atoms with Gasteiger partial charge in [0.05, 0.1) is 13.1 Å². The maximum absolute atomic E-state index is 12.6. The molecule has 190 valence electrons. The van der Waals surface area contributed by atoms with E-state index < -0.39 is 0 Å². The summed E-state index contributed by atoms with van der Waals surface area (Å²) in [6.07, 6.45) is 0. The van der Waals surface area contributed by atoms with E-state index in [1.165, 1.54) is 11.3 Å². The number of nitrogens with one attached hydrogen (secondary N) is 1. The molecule has 0 radical (unpaired) electrons. The van der Waals surface area contributed by atoms with Crippen LogP contribution in [0.2, 0.25) is 0 Å². The minimum absolute atomic E-state index is 0.0262. The van der Waals surface area contributed by atoms with Gasteiger partial charge in [0.25, 0.3) is 0 Å². The number of anilines is 2. The molecule has 3 heterocycles. The summed E-state index contributed by atoms with van der Waals surface area (Å²) < 4.78 is 5.21. The topological polar surface area (TPSA) is 81.0 Å². The van der Waals surface area contributed by atoms with E-state index in [1.807, 2.05) is 19.1 Å².